The van der Waals surface area contributed by atoms with Gasteiger partial charge in [-0.2, -0.15) is 0 Å². The Morgan fingerprint density at radius 1 is 0.565 bits per heavy atom. The van der Waals surface area contributed by atoms with Crippen molar-refractivity contribution in [2.24, 2.45) is 5.73 Å². The van der Waals surface area contributed by atoms with E-state index in [1.165, 1.54) is 101 Å². The molecule has 0 spiro atoms. The molecule has 23 heavy (non-hydrogen) atoms. The predicted octanol–water partition coefficient (Wildman–Crippen LogP) is 6.57. The molecule has 1 rings (SSSR count). The molecule has 0 saturated heterocycles. The molecule has 0 fully saturated rings. The van der Waals surface area contributed by atoms with Gasteiger partial charge in [0.05, 0.1) is 0 Å². The van der Waals surface area contributed by atoms with Gasteiger partial charge in [-0.3, -0.25) is 0 Å². The van der Waals surface area contributed by atoms with E-state index >= 15 is 0 Å². The van der Waals surface area contributed by atoms with Gasteiger partial charge in [-0.15, -0.1) is 0 Å². The molecular weight excluding hydrogens is 278 g/mol. The van der Waals surface area contributed by atoms with E-state index in [2.05, 4.69) is 31.2 Å². The summed E-state index contributed by atoms with van der Waals surface area (Å²) in [6.45, 7) is 3.02. The highest BCUT2D eigenvalue weighted by Crippen LogP contribution is 2.13. The predicted molar refractivity (Wildman–Crippen MR) is 104 cm³/mol. The first-order chi connectivity index (χ1) is 11.3. The van der Waals surface area contributed by atoms with Gasteiger partial charge in [-0.25, -0.2) is 0 Å². The molecule has 0 aliphatic heterocycles. The van der Waals surface area contributed by atoms with Crippen LogP contribution in [0.5, 0.6) is 0 Å². The molecule has 1 heteroatoms. The Morgan fingerprint density at radius 2 is 0.957 bits per heavy atom. The Hall–Kier alpha value is -0.820. The third-order valence-electron chi connectivity index (χ3n) is 4.79. The maximum Gasteiger partial charge on any atom is -0.00773 e. The molecule has 0 bridgehead atoms. The minimum Gasteiger partial charge on any atom is -0.330 e. The first-order valence-corrected chi connectivity index (χ1v) is 10.1. The number of rotatable bonds is 15. The molecule has 0 unspecified atom stereocenters. The summed E-state index contributed by atoms with van der Waals surface area (Å²) >= 11 is 0. The average molecular weight is 318 g/mol. The number of hydrogen-bond donors (Lipinski definition) is 1. The van der Waals surface area contributed by atoms with Gasteiger partial charge in [0.15, 0.2) is 0 Å². The van der Waals surface area contributed by atoms with Gasteiger partial charge < -0.3 is 5.73 Å². The van der Waals surface area contributed by atoms with Crippen molar-refractivity contribution in [3.05, 3.63) is 35.4 Å². The Bertz CT molecular complexity index is 355. The lowest BCUT2D eigenvalue weighted by Gasteiger charge is -2.04. The maximum absolute atomic E-state index is 5.50. The lowest BCUT2D eigenvalue weighted by molar-refractivity contribution is 0.537. The fourth-order valence-corrected chi connectivity index (χ4v) is 3.17. The van der Waals surface area contributed by atoms with Crippen LogP contribution in [0.15, 0.2) is 24.3 Å². The van der Waals surface area contributed by atoms with Crippen molar-refractivity contribution in [1.82, 2.24) is 0 Å². The first kappa shape index (κ1) is 20.2. The van der Waals surface area contributed by atoms with E-state index in [1.54, 1.807) is 0 Å². The van der Waals surface area contributed by atoms with E-state index in [9.17, 15) is 0 Å². The molecule has 1 aromatic rings. The summed E-state index contributed by atoms with van der Waals surface area (Å²) in [5.41, 5.74) is 8.37. The molecule has 2 N–H and O–H groups in total. The summed E-state index contributed by atoms with van der Waals surface area (Å²) in [6, 6.07) is 9.03. The van der Waals surface area contributed by atoms with Crippen molar-refractivity contribution in [3.63, 3.8) is 0 Å². The molecule has 0 aliphatic rings. The molecular formula is C22H39N. The van der Waals surface area contributed by atoms with E-state index in [-0.39, 0.29) is 0 Å². The zero-order chi connectivity index (χ0) is 16.6. The second kappa shape index (κ2) is 14.8. The van der Waals surface area contributed by atoms with Gasteiger partial charge in [-0.1, -0.05) is 100 Å². The highest BCUT2D eigenvalue weighted by molar-refractivity contribution is 5.21. The van der Waals surface area contributed by atoms with E-state index in [4.69, 9.17) is 5.73 Å². The molecule has 0 amide bonds. The summed E-state index contributed by atoms with van der Waals surface area (Å²) in [5.74, 6) is 0. The quantitative estimate of drug-likeness (QED) is 0.364. The SMILES string of the molecule is Cc1ccc(CCCCCCCCCCCCCCCN)cc1. The van der Waals surface area contributed by atoms with Crippen molar-refractivity contribution in [2.45, 2.75) is 96.8 Å². The van der Waals surface area contributed by atoms with Crippen LogP contribution in [-0.4, -0.2) is 6.54 Å². The molecule has 1 aromatic carbocycles. The maximum atomic E-state index is 5.50. The lowest BCUT2D eigenvalue weighted by Crippen LogP contribution is -1.97. The molecule has 0 heterocycles. The Morgan fingerprint density at radius 3 is 1.39 bits per heavy atom. The molecule has 0 atom stereocenters. The van der Waals surface area contributed by atoms with E-state index < -0.39 is 0 Å². The largest absolute Gasteiger partial charge is 0.330 e. The van der Waals surface area contributed by atoms with Crippen LogP contribution < -0.4 is 5.73 Å². The zero-order valence-corrected chi connectivity index (χ0v) is 15.5. The third kappa shape index (κ3) is 12.3. The van der Waals surface area contributed by atoms with Crippen molar-refractivity contribution < 1.29 is 0 Å². The Labute approximate surface area is 145 Å². The van der Waals surface area contributed by atoms with E-state index in [0.717, 1.165) is 6.54 Å². The van der Waals surface area contributed by atoms with Crippen molar-refractivity contribution in [2.75, 3.05) is 6.54 Å². The zero-order valence-electron chi connectivity index (χ0n) is 15.5. The summed E-state index contributed by atoms with van der Waals surface area (Å²) in [5, 5.41) is 0. The van der Waals surface area contributed by atoms with Crippen LogP contribution >= 0.6 is 0 Å². The number of unbranched alkanes of at least 4 members (excludes halogenated alkanes) is 12. The van der Waals surface area contributed by atoms with Gasteiger partial charge in [0, 0.05) is 0 Å². The normalized spacial score (nSPS) is 11.0. The van der Waals surface area contributed by atoms with Crippen molar-refractivity contribution >= 4 is 0 Å². The minimum atomic E-state index is 0.866. The van der Waals surface area contributed by atoms with Crippen LogP contribution in [0.2, 0.25) is 0 Å². The fourth-order valence-electron chi connectivity index (χ4n) is 3.17. The summed E-state index contributed by atoms with van der Waals surface area (Å²) in [7, 11) is 0. The van der Waals surface area contributed by atoms with Crippen LogP contribution in [0.4, 0.5) is 0 Å². The Balaban J connectivity index is 1.77. The van der Waals surface area contributed by atoms with Crippen LogP contribution in [0, 0.1) is 6.92 Å². The number of aryl methyl sites for hydroxylation is 2. The van der Waals surface area contributed by atoms with Gasteiger partial charge in [0.1, 0.15) is 0 Å². The highest BCUT2D eigenvalue weighted by atomic mass is 14.5. The van der Waals surface area contributed by atoms with Gasteiger partial charge in [0.25, 0.3) is 0 Å². The van der Waals surface area contributed by atoms with E-state index in [0.29, 0.717) is 0 Å². The smallest absolute Gasteiger partial charge is 0.00773 e. The van der Waals surface area contributed by atoms with Crippen LogP contribution in [0.25, 0.3) is 0 Å². The summed E-state index contributed by atoms with van der Waals surface area (Å²) in [4.78, 5) is 0. The second-order valence-electron chi connectivity index (χ2n) is 7.12. The topological polar surface area (TPSA) is 26.0 Å². The molecule has 0 radical (unpaired) electrons. The van der Waals surface area contributed by atoms with Gasteiger partial charge in [0.2, 0.25) is 0 Å². The third-order valence-corrected chi connectivity index (χ3v) is 4.79. The van der Waals surface area contributed by atoms with Gasteiger partial charge >= 0.3 is 0 Å². The fraction of sp³-hybridized carbons (Fsp3) is 0.727. The van der Waals surface area contributed by atoms with Crippen LogP contribution in [-0.2, 0) is 6.42 Å². The second-order valence-corrected chi connectivity index (χ2v) is 7.12. The number of hydrogen-bond acceptors (Lipinski definition) is 1. The van der Waals surface area contributed by atoms with Crippen molar-refractivity contribution in [3.8, 4) is 0 Å². The monoisotopic (exact) mass is 317 g/mol. The molecule has 0 aliphatic carbocycles. The molecule has 0 aromatic heterocycles. The van der Waals surface area contributed by atoms with E-state index in [1.807, 2.05) is 0 Å². The van der Waals surface area contributed by atoms with Gasteiger partial charge in [-0.05, 0) is 38.3 Å². The molecule has 132 valence electrons. The lowest BCUT2D eigenvalue weighted by atomic mass is 10.0. The van der Waals surface area contributed by atoms with Crippen LogP contribution in [0.1, 0.15) is 94.6 Å². The van der Waals surface area contributed by atoms with Crippen molar-refractivity contribution in [1.29, 1.82) is 0 Å². The Kier molecular flexibility index (Phi) is 13.0. The number of nitrogens with two attached hydrogens (primary N) is 1. The minimum absolute atomic E-state index is 0.866. The molecule has 1 nitrogen and oxygen atoms in total. The molecule has 0 saturated carbocycles. The summed E-state index contributed by atoms with van der Waals surface area (Å²) in [6.07, 6.45) is 19.4. The first-order valence-electron chi connectivity index (χ1n) is 10.1. The number of benzene rings is 1. The highest BCUT2D eigenvalue weighted by Gasteiger charge is 1.95. The average Bonchev–Trinajstić information content (AvgIpc) is 2.57. The van der Waals surface area contributed by atoms with Crippen LogP contribution in [0.3, 0.4) is 0 Å². The summed E-state index contributed by atoms with van der Waals surface area (Å²) < 4.78 is 0. The standard InChI is InChI=1S/C22H39N/c1-21-16-18-22(19-17-21)15-13-11-9-7-5-3-2-4-6-8-10-12-14-20-23/h16-19H,2-15,20,23H2,1H3.